The molecule has 0 bridgehead atoms. The van der Waals surface area contributed by atoms with Crippen LogP contribution in [0.4, 0.5) is 5.13 Å². The highest BCUT2D eigenvalue weighted by Crippen LogP contribution is 2.30. The van der Waals surface area contributed by atoms with E-state index in [1.54, 1.807) is 11.3 Å². The van der Waals surface area contributed by atoms with Crippen LogP contribution in [0, 0.1) is 0 Å². The fraction of sp³-hybridized carbons (Fsp3) is 0.692. The second-order valence-electron chi connectivity index (χ2n) is 5.16. The molecule has 0 unspecified atom stereocenters. The topological polar surface area (TPSA) is 31.7 Å². The summed E-state index contributed by atoms with van der Waals surface area (Å²) < 4.78 is 0. The molecule has 4 nitrogen and oxygen atoms in total. The van der Waals surface area contributed by atoms with Crippen LogP contribution in [0.15, 0.2) is 4.99 Å². The molecule has 1 aromatic heterocycles. The molecule has 2 heterocycles. The van der Waals surface area contributed by atoms with Crippen LogP contribution in [0.2, 0.25) is 0 Å². The van der Waals surface area contributed by atoms with Gasteiger partial charge in [0.2, 0.25) is 5.13 Å². The van der Waals surface area contributed by atoms with E-state index in [1.807, 2.05) is 6.34 Å². The van der Waals surface area contributed by atoms with Crippen molar-refractivity contribution in [3.63, 3.8) is 0 Å². The van der Waals surface area contributed by atoms with Gasteiger partial charge in [0.1, 0.15) is 0 Å². The third kappa shape index (κ3) is 2.72. The van der Waals surface area contributed by atoms with Crippen LogP contribution in [0.1, 0.15) is 23.4 Å². The van der Waals surface area contributed by atoms with Gasteiger partial charge in [-0.05, 0) is 32.7 Å². The van der Waals surface area contributed by atoms with E-state index in [-0.39, 0.29) is 0 Å². The molecule has 0 aromatic carbocycles. The lowest BCUT2D eigenvalue weighted by Gasteiger charge is -2.30. The number of aryl methyl sites for hydroxylation is 2. The molecular weight excluding hydrogens is 244 g/mol. The first-order chi connectivity index (χ1) is 8.81. The number of thiazole rings is 1. The molecule has 1 fully saturated rings. The molecule has 2 aliphatic rings. The summed E-state index contributed by atoms with van der Waals surface area (Å²) >= 11 is 1.78. The molecule has 1 aliphatic heterocycles. The normalized spacial score (nSPS) is 21.5. The predicted molar refractivity (Wildman–Crippen MR) is 76.0 cm³/mol. The van der Waals surface area contributed by atoms with Crippen LogP contribution in [0.5, 0.6) is 0 Å². The van der Waals surface area contributed by atoms with Crippen molar-refractivity contribution in [2.24, 2.45) is 4.99 Å². The third-order valence-electron chi connectivity index (χ3n) is 3.70. The minimum atomic E-state index is 0.945. The van der Waals surface area contributed by atoms with Gasteiger partial charge in [0, 0.05) is 31.1 Å². The summed E-state index contributed by atoms with van der Waals surface area (Å²) in [5.41, 5.74) is 1.30. The van der Waals surface area contributed by atoms with E-state index in [4.69, 9.17) is 0 Å². The first kappa shape index (κ1) is 12.1. The van der Waals surface area contributed by atoms with Gasteiger partial charge in [-0.2, -0.15) is 0 Å². The lowest BCUT2D eigenvalue weighted by atomic mass is 10.0. The van der Waals surface area contributed by atoms with Crippen LogP contribution < -0.4 is 0 Å². The Morgan fingerprint density at radius 3 is 2.72 bits per heavy atom. The Labute approximate surface area is 112 Å². The highest BCUT2D eigenvalue weighted by atomic mass is 32.1. The Morgan fingerprint density at radius 2 is 1.94 bits per heavy atom. The number of aromatic nitrogens is 1. The summed E-state index contributed by atoms with van der Waals surface area (Å²) in [4.78, 5) is 15.3. The first-order valence-electron chi connectivity index (χ1n) is 6.76. The fourth-order valence-corrected chi connectivity index (χ4v) is 3.45. The molecule has 1 aliphatic carbocycles. The minimum absolute atomic E-state index is 0.945. The summed E-state index contributed by atoms with van der Waals surface area (Å²) in [6.45, 7) is 4.40. The zero-order valence-electron chi connectivity index (χ0n) is 10.9. The Kier molecular flexibility index (Phi) is 3.61. The summed E-state index contributed by atoms with van der Waals surface area (Å²) in [6, 6.07) is 0. The zero-order chi connectivity index (χ0) is 12.4. The Bertz CT molecular complexity index is 409. The van der Waals surface area contributed by atoms with E-state index >= 15 is 0 Å². The van der Waals surface area contributed by atoms with Crippen molar-refractivity contribution < 1.29 is 0 Å². The standard InChI is InChI=1S/C13H20N4S/c1-16-6-8-17(9-7-16)10-14-13-15-11-4-2-3-5-12(11)18-13/h10H,2-9H2,1H3/b14-10+. The van der Waals surface area contributed by atoms with Crippen molar-refractivity contribution in [3.05, 3.63) is 10.6 Å². The molecule has 18 heavy (non-hydrogen) atoms. The van der Waals surface area contributed by atoms with E-state index in [9.17, 15) is 0 Å². The van der Waals surface area contributed by atoms with Crippen molar-refractivity contribution in [2.45, 2.75) is 25.7 Å². The van der Waals surface area contributed by atoms with Crippen LogP contribution in [-0.4, -0.2) is 54.3 Å². The number of nitrogens with zero attached hydrogens (tertiary/aromatic N) is 4. The maximum Gasteiger partial charge on any atom is 0.210 e. The maximum absolute atomic E-state index is 4.63. The monoisotopic (exact) mass is 264 g/mol. The smallest absolute Gasteiger partial charge is 0.210 e. The molecule has 0 amide bonds. The van der Waals surface area contributed by atoms with Gasteiger partial charge in [-0.3, -0.25) is 0 Å². The van der Waals surface area contributed by atoms with Crippen LogP contribution in [-0.2, 0) is 12.8 Å². The third-order valence-corrected chi connectivity index (χ3v) is 4.77. The maximum atomic E-state index is 4.63. The van der Waals surface area contributed by atoms with E-state index in [2.05, 4.69) is 26.8 Å². The van der Waals surface area contributed by atoms with Gasteiger partial charge < -0.3 is 9.80 Å². The van der Waals surface area contributed by atoms with Gasteiger partial charge in [-0.25, -0.2) is 9.98 Å². The highest BCUT2D eigenvalue weighted by molar-refractivity contribution is 7.15. The molecule has 3 rings (SSSR count). The number of fused-ring (bicyclic) bond motifs is 1. The molecule has 0 spiro atoms. The van der Waals surface area contributed by atoms with Crippen molar-refractivity contribution in [1.82, 2.24) is 14.8 Å². The number of aliphatic imine (C=N–C) groups is 1. The lowest BCUT2D eigenvalue weighted by Crippen LogP contribution is -2.43. The van der Waals surface area contributed by atoms with Crippen molar-refractivity contribution >= 4 is 22.8 Å². The molecule has 1 aromatic rings. The van der Waals surface area contributed by atoms with Crippen molar-refractivity contribution in [3.8, 4) is 0 Å². The van der Waals surface area contributed by atoms with Gasteiger partial charge in [0.05, 0.1) is 12.0 Å². The van der Waals surface area contributed by atoms with Gasteiger partial charge in [0.15, 0.2) is 0 Å². The van der Waals surface area contributed by atoms with Gasteiger partial charge in [-0.15, -0.1) is 0 Å². The molecule has 0 atom stereocenters. The Morgan fingerprint density at radius 1 is 1.17 bits per heavy atom. The molecule has 5 heteroatoms. The lowest BCUT2D eigenvalue weighted by molar-refractivity contribution is 0.219. The van der Waals surface area contributed by atoms with E-state index in [0.717, 1.165) is 37.7 Å². The van der Waals surface area contributed by atoms with E-state index in [0.29, 0.717) is 0 Å². The Balaban J connectivity index is 1.63. The summed E-state index contributed by atoms with van der Waals surface area (Å²) in [6.07, 6.45) is 6.94. The second kappa shape index (κ2) is 5.36. The van der Waals surface area contributed by atoms with E-state index < -0.39 is 0 Å². The minimum Gasteiger partial charge on any atom is -0.360 e. The predicted octanol–water partition coefficient (Wildman–Crippen LogP) is 1.93. The first-order valence-corrected chi connectivity index (χ1v) is 7.58. The van der Waals surface area contributed by atoms with Gasteiger partial charge >= 0.3 is 0 Å². The average molecular weight is 264 g/mol. The number of hydrogen-bond acceptors (Lipinski definition) is 4. The number of rotatable bonds is 2. The zero-order valence-corrected chi connectivity index (χ0v) is 11.7. The van der Waals surface area contributed by atoms with E-state index in [1.165, 1.54) is 29.8 Å². The molecule has 0 radical (unpaired) electrons. The van der Waals surface area contributed by atoms with Crippen LogP contribution in [0.3, 0.4) is 0 Å². The van der Waals surface area contributed by atoms with Crippen LogP contribution in [0.25, 0.3) is 0 Å². The number of piperazine rings is 1. The average Bonchev–Trinajstić information content (AvgIpc) is 2.81. The van der Waals surface area contributed by atoms with Gasteiger partial charge in [0.25, 0.3) is 0 Å². The number of likely N-dealkylation sites (N-methyl/N-ethyl adjacent to an activating group) is 1. The second-order valence-corrected chi connectivity index (χ2v) is 6.22. The summed E-state index contributed by atoms with van der Waals surface area (Å²) in [5.74, 6) is 0. The summed E-state index contributed by atoms with van der Waals surface area (Å²) in [7, 11) is 2.17. The highest BCUT2D eigenvalue weighted by Gasteiger charge is 2.15. The molecule has 1 saturated heterocycles. The quantitative estimate of drug-likeness (QED) is 0.604. The summed E-state index contributed by atoms with van der Waals surface area (Å²) in [5, 5.41) is 0.945. The number of hydrogen-bond donors (Lipinski definition) is 0. The van der Waals surface area contributed by atoms with Crippen molar-refractivity contribution in [1.29, 1.82) is 0 Å². The molecular formula is C13H20N4S. The van der Waals surface area contributed by atoms with Crippen molar-refractivity contribution in [2.75, 3.05) is 33.2 Å². The largest absolute Gasteiger partial charge is 0.360 e. The fourth-order valence-electron chi connectivity index (χ4n) is 2.46. The molecule has 0 saturated carbocycles. The SMILES string of the molecule is CN1CCN(/C=N/c2nc3c(s2)CCCC3)CC1. The Hall–Kier alpha value is -0.940. The van der Waals surface area contributed by atoms with Crippen LogP contribution >= 0.6 is 11.3 Å². The van der Waals surface area contributed by atoms with Gasteiger partial charge in [-0.1, -0.05) is 11.3 Å². The molecule has 98 valence electrons. The molecule has 0 N–H and O–H groups in total.